The molecule has 0 radical (unpaired) electrons. The van der Waals surface area contributed by atoms with Gasteiger partial charge in [0.25, 0.3) is 0 Å². The summed E-state index contributed by atoms with van der Waals surface area (Å²) in [5, 5.41) is 34.1. The average Bonchev–Trinajstić information content (AvgIpc) is 3.22. The second kappa shape index (κ2) is 11.5. The van der Waals surface area contributed by atoms with Gasteiger partial charge in [-0.1, -0.05) is 18.2 Å². The summed E-state index contributed by atoms with van der Waals surface area (Å²) in [5.41, 5.74) is 4.75. The minimum atomic E-state index is -1.15. The molecule has 0 fully saturated rings. The molecule has 4 rings (SSSR count). The van der Waals surface area contributed by atoms with Crippen LogP contribution in [0.25, 0.3) is 11.8 Å². The number of nitrogens with zero attached hydrogens (tertiary/aromatic N) is 2. The first kappa shape index (κ1) is 25.6. The minimum Gasteiger partial charge on any atom is -0.497 e. The molecule has 8 heteroatoms. The molecule has 1 aliphatic rings. The number of aliphatic hydroxyl groups is 2. The van der Waals surface area contributed by atoms with E-state index in [4.69, 9.17) is 14.9 Å². The molecular formula is C28H31FN2O5. The fourth-order valence-electron chi connectivity index (χ4n) is 4.77. The van der Waals surface area contributed by atoms with Gasteiger partial charge in [0, 0.05) is 17.9 Å². The highest BCUT2D eigenvalue weighted by Crippen LogP contribution is 2.37. The van der Waals surface area contributed by atoms with Gasteiger partial charge in [0.2, 0.25) is 0 Å². The molecule has 2 aromatic carbocycles. The van der Waals surface area contributed by atoms with Crippen LogP contribution in [0.1, 0.15) is 54.1 Å². The van der Waals surface area contributed by atoms with Crippen molar-refractivity contribution in [1.82, 2.24) is 9.78 Å². The Balaban J connectivity index is 1.65. The topological polar surface area (TPSA) is 105 Å². The predicted molar refractivity (Wildman–Crippen MR) is 134 cm³/mol. The highest BCUT2D eigenvalue weighted by molar-refractivity contribution is 5.67. The zero-order chi connectivity index (χ0) is 25.7. The Kier molecular flexibility index (Phi) is 8.18. The van der Waals surface area contributed by atoms with E-state index in [9.17, 15) is 19.4 Å². The molecule has 3 atom stereocenters. The van der Waals surface area contributed by atoms with E-state index >= 15 is 0 Å². The molecule has 36 heavy (non-hydrogen) atoms. The van der Waals surface area contributed by atoms with Crippen LogP contribution in [-0.2, 0) is 17.6 Å². The van der Waals surface area contributed by atoms with Crippen molar-refractivity contribution in [3.8, 4) is 11.4 Å². The SMILES string of the molecule is COc1ccc(CC2CCCc3c2nn(-c2ccc(F)cc2)c3/C=C/[C@H](O)C[C@H](O)CC(=O)O)cc1. The van der Waals surface area contributed by atoms with Gasteiger partial charge in [-0.3, -0.25) is 4.79 Å². The van der Waals surface area contributed by atoms with Crippen molar-refractivity contribution >= 4 is 12.0 Å². The third kappa shape index (κ3) is 6.19. The average molecular weight is 495 g/mol. The number of carboxylic acid groups (broad SMARTS) is 1. The lowest BCUT2D eigenvalue weighted by molar-refractivity contribution is -0.139. The van der Waals surface area contributed by atoms with E-state index in [1.165, 1.54) is 17.7 Å². The molecule has 3 aromatic rings. The molecule has 1 heterocycles. The Morgan fingerprint density at radius 1 is 1.19 bits per heavy atom. The third-order valence-electron chi connectivity index (χ3n) is 6.53. The Morgan fingerprint density at radius 3 is 2.58 bits per heavy atom. The largest absolute Gasteiger partial charge is 0.497 e. The normalized spacial score (nSPS) is 17.1. The number of methoxy groups -OCH3 is 1. The van der Waals surface area contributed by atoms with Crippen molar-refractivity contribution in [1.29, 1.82) is 0 Å². The summed E-state index contributed by atoms with van der Waals surface area (Å²) in [6.07, 6.45) is 4.26. The van der Waals surface area contributed by atoms with E-state index in [0.717, 1.165) is 48.4 Å². The van der Waals surface area contributed by atoms with Crippen LogP contribution >= 0.6 is 0 Å². The number of carboxylic acids is 1. The van der Waals surface area contributed by atoms with E-state index in [2.05, 4.69) is 12.1 Å². The molecule has 190 valence electrons. The number of aliphatic carboxylic acids is 1. The van der Waals surface area contributed by atoms with Crippen LogP contribution in [0.4, 0.5) is 4.39 Å². The van der Waals surface area contributed by atoms with E-state index in [1.807, 2.05) is 12.1 Å². The van der Waals surface area contributed by atoms with Crippen molar-refractivity contribution in [2.24, 2.45) is 0 Å². The molecule has 0 aliphatic heterocycles. The smallest absolute Gasteiger partial charge is 0.305 e. The number of ether oxygens (including phenoxy) is 1. The predicted octanol–water partition coefficient (Wildman–Crippen LogP) is 4.28. The molecule has 0 amide bonds. The number of halogens is 1. The fraction of sp³-hybridized carbons (Fsp3) is 0.357. The van der Waals surface area contributed by atoms with Gasteiger partial charge in [-0.2, -0.15) is 5.10 Å². The van der Waals surface area contributed by atoms with Crippen LogP contribution in [-0.4, -0.2) is 50.4 Å². The lowest BCUT2D eigenvalue weighted by Gasteiger charge is -2.21. The molecule has 0 bridgehead atoms. The minimum absolute atomic E-state index is 0.0875. The molecule has 3 N–H and O–H groups in total. The van der Waals surface area contributed by atoms with Crippen LogP contribution in [0, 0.1) is 5.82 Å². The second-order valence-electron chi connectivity index (χ2n) is 9.19. The van der Waals surface area contributed by atoms with Crippen molar-refractivity contribution in [3.63, 3.8) is 0 Å². The van der Waals surface area contributed by atoms with Crippen LogP contribution in [0.5, 0.6) is 5.75 Å². The summed E-state index contributed by atoms with van der Waals surface area (Å²) in [6.45, 7) is 0. The molecule has 1 unspecified atom stereocenters. The molecule has 1 aliphatic carbocycles. The fourth-order valence-corrected chi connectivity index (χ4v) is 4.77. The van der Waals surface area contributed by atoms with Crippen molar-refractivity contribution < 1.29 is 29.2 Å². The van der Waals surface area contributed by atoms with Crippen molar-refractivity contribution in [3.05, 3.63) is 82.9 Å². The second-order valence-corrected chi connectivity index (χ2v) is 9.19. The zero-order valence-corrected chi connectivity index (χ0v) is 20.2. The van der Waals surface area contributed by atoms with E-state index in [1.54, 1.807) is 36.1 Å². The van der Waals surface area contributed by atoms with Gasteiger partial charge in [0.1, 0.15) is 11.6 Å². The highest BCUT2D eigenvalue weighted by atomic mass is 19.1. The van der Waals surface area contributed by atoms with E-state index in [-0.39, 0.29) is 18.2 Å². The molecule has 0 spiro atoms. The van der Waals surface area contributed by atoms with Gasteiger partial charge >= 0.3 is 5.97 Å². The molecule has 1 aromatic heterocycles. The Morgan fingerprint density at radius 2 is 1.92 bits per heavy atom. The Labute approximate surface area is 209 Å². The molecule has 7 nitrogen and oxygen atoms in total. The summed E-state index contributed by atoms with van der Waals surface area (Å²) >= 11 is 0. The number of hydrogen-bond acceptors (Lipinski definition) is 5. The summed E-state index contributed by atoms with van der Waals surface area (Å²) in [5.74, 6) is -0.445. The monoisotopic (exact) mass is 494 g/mol. The van der Waals surface area contributed by atoms with Crippen LogP contribution in [0.3, 0.4) is 0 Å². The van der Waals surface area contributed by atoms with Gasteiger partial charge in [-0.25, -0.2) is 9.07 Å². The number of aromatic nitrogens is 2. The van der Waals surface area contributed by atoms with Crippen LogP contribution in [0.15, 0.2) is 54.6 Å². The van der Waals surface area contributed by atoms with Crippen LogP contribution < -0.4 is 4.74 Å². The number of hydrogen-bond donors (Lipinski definition) is 3. The number of rotatable bonds is 10. The molecular weight excluding hydrogens is 463 g/mol. The van der Waals surface area contributed by atoms with Crippen molar-refractivity contribution in [2.45, 2.75) is 56.7 Å². The maximum Gasteiger partial charge on any atom is 0.305 e. The Hall–Kier alpha value is -3.49. The number of benzene rings is 2. The first-order chi connectivity index (χ1) is 17.3. The summed E-state index contributed by atoms with van der Waals surface area (Å²) in [7, 11) is 1.64. The summed E-state index contributed by atoms with van der Waals surface area (Å²) < 4.78 is 20.6. The summed E-state index contributed by atoms with van der Waals surface area (Å²) in [6, 6.07) is 14.1. The Bertz CT molecular complexity index is 1200. The zero-order valence-electron chi connectivity index (χ0n) is 20.2. The van der Waals surface area contributed by atoms with Gasteiger partial charge in [0.05, 0.1) is 42.8 Å². The first-order valence-electron chi connectivity index (χ1n) is 12.1. The van der Waals surface area contributed by atoms with Gasteiger partial charge in [-0.05, 0) is 73.7 Å². The number of aliphatic hydroxyl groups excluding tert-OH is 2. The van der Waals surface area contributed by atoms with Crippen molar-refractivity contribution in [2.75, 3.05) is 7.11 Å². The quantitative estimate of drug-likeness (QED) is 0.389. The summed E-state index contributed by atoms with van der Waals surface area (Å²) in [4.78, 5) is 10.8. The molecule has 0 saturated carbocycles. The van der Waals surface area contributed by atoms with Gasteiger partial charge in [-0.15, -0.1) is 0 Å². The maximum absolute atomic E-state index is 13.6. The van der Waals surface area contributed by atoms with E-state index in [0.29, 0.717) is 5.69 Å². The van der Waals surface area contributed by atoms with Gasteiger partial charge < -0.3 is 20.1 Å². The van der Waals surface area contributed by atoms with Crippen LogP contribution in [0.2, 0.25) is 0 Å². The number of carbonyl (C=O) groups is 1. The molecule has 0 saturated heterocycles. The van der Waals surface area contributed by atoms with E-state index < -0.39 is 24.6 Å². The highest BCUT2D eigenvalue weighted by Gasteiger charge is 2.28. The lowest BCUT2D eigenvalue weighted by Crippen LogP contribution is -2.19. The number of fused-ring (bicyclic) bond motifs is 1. The lowest BCUT2D eigenvalue weighted by atomic mass is 9.83. The van der Waals surface area contributed by atoms with Gasteiger partial charge in [0.15, 0.2) is 0 Å². The third-order valence-corrected chi connectivity index (χ3v) is 6.53. The standard InChI is InChI=1S/C28H31FN2O5/c1-36-24-12-5-18(6-13-24)15-19-3-2-4-25-26(14-11-22(32)16-23(33)17-27(34)35)31(30-28(19)25)21-9-7-20(29)8-10-21/h5-14,19,22-23,32-33H,2-4,15-17H2,1H3,(H,34,35)/b14-11+/t19?,22-,23-/m0/s1. The first-order valence-corrected chi connectivity index (χ1v) is 12.1. The maximum atomic E-state index is 13.6.